The van der Waals surface area contributed by atoms with Crippen LogP contribution in [0.15, 0.2) is 28.3 Å². The van der Waals surface area contributed by atoms with E-state index in [0.717, 1.165) is 22.0 Å². The number of benzene rings is 1. The van der Waals surface area contributed by atoms with Crippen molar-refractivity contribution < 1.29 is 4.74 Å². The standard InChI is InChI=1S/C12H16N4OS/c1-7(13)11-9(17-3)5-4-6-10(11)18-12-14-8(2)15-16-12/h4-7H,13H2,1-3H3,(H,14,15,16)/t7-/m0/s1. The van der Waals surface area contributed by atoms with Crippen LogP contribution in [-0.2, 0) is 0 Å². The second-order valence-corrected chi connectivity index (χ2v) is 4.98. The molecule has 18 heavy (non-hydrogen) atoms. The Balaban J connectivity index is 2.37. The van der Waals surface area contributed by atoms with Crippen LogP contribution in [0.1, 0.15) is 24.4 Å². The SMILES string of the molecule is COc1cccc(Sc2n[nH]c(C)n2)c1[C@H](C)N. The van der Waals surface area contributed by atoms with Gasteiger partial charge < -0.3 is 10.5 Å². The fourth-order valence-corrected chi connectivity index (χ4v) is 2.72. The van der Waals surface area contributed by atoms with Crippen molar-refractivity contribution in [2.75, 3.05) is 7.11 Å². The van der Waals surface area contributed by atoms with E-state index in [1.807, 2.05) is 32.0 Å². The van der Waals surface area contributed by atoms with E-state index in [4.69, 9.17) is 10.5 Å². The Kier molecular flexibility index (Phi) is 3.88. The maximum atomic E-state index is 6.01. The molecule has 0 amide bonds. The highest BCUT2D eigenvalue weighted by Crippen LogP contribution is 2.36. The number of aryl methyl sites for hydroxylation is 1. The topological polar surface area (TPSA) is 76.8 Å². The molecule has 0 fully saturated rings. The minimum atomic E-state index is -0.108. The number of H-pyrrole nitrogens is 1. The molecule has 1 aromatic carbocycles. The monoisotopic (exact) mass is 264 g/mol. The van der Waals surface area contributed by atoms with Gasteiger partial charge in [0.05, 0.1) is 7.11 Å². The molecule has 0 saturated heterocycles. The zero-order valence-corrected chi connectivity index (χ0v) is 11.4. The molecule has 3 N–H and O–H groups in total. The maximum Gasteiger partial charge on any atom is 0.213 e. The van der Waals surface area contributed by atoms with E-state index < -0.39 is 0 Å². The van der Waals surface area contributed by atoms with Crippen molar-refractivity contribution in [1.82, 2.24) is 15.2 Å². The second-order valence-electron chi connectivity index (χ2n) is 3.97. The predicted molar refractivity (Wildman–Crippen MR) is 70.8 cm³/mol. The smallest absolute Gasteiger partial charge is 0.213 e. The highest BCUT2D eigenvalue weighted by atomic mass is 32.2. The first kappa shape index (κ1) is 12.9. The van der Waals surface area contributed by atoms with Gasteiger partial charge in [0.1, 0.15) is 11.6 Å². The molecule has 1 heterocycles. The zero-order chi connectivity index (χ0) is 13.1. The molecule has 0 radical (unpaired) electrons. The van der Waals surface area contributed by atoms with Gasteiger partial charge in [-0.05, 0) is 37.7 Å². The molecule has 1 aromatic heterocycles. The lowest BCUT2D eigenvalue weighted by molar-refractivity contribution is 0.405. The van der Waals surface area contributed by atoms with Crippen LogP contribution in [0, 0.1) is 6.92 Å². The highest BCUT2D eigenvalue weighted by Gasteiger charge is 2.15. The fraction of sp³-hybridized carbons (Fsp3) is 0.333. The zero-order valence-electron chi connectivity index (χ0n) is 10.6. The molecule has 1 atom stereocenters. The van der Waals surface area contributed by atoms with E-state index in [1.165, 1.54) is 11.8 Å². The van der Waals surface area contributed by atoms with Crippen LogP contribution in [0.4, 0.5) is 0 Å². The maximum absolute atomic E-state index is 6.01. The molecule has 0 aliphatic rings. The van der Waals surface area contributed by atoms with Crippen molar-refractivity contribution in [3.05, 3.63) is 29.6 Å². The molecule has 0 saturated carbocycles. The third kappa shape index (κ3) is 2.65. The number of hydrogen-bond acceptors (Lipinski definition) is 5. The van der Waals surface area contributed by atoms with Crippen molar-refractivity contribution in [2.45, 2.75) is 29.9 Å². The van der Waals surface area contributed by atoms with Gasteiger partial charge >= 0.3 is 0 Å². The molecular weight excluding hydrogens is 248 g/mol. The van der Waals surface area contributed by atoms with E-state index in [1.54, 1.807) is 7.11 Å². The minimum Gasteiger partial charge on any atom is -0.496 e. The number of ether oxygens (including phenoxy) is 1. The predicted octanol–water partition coefficient (Wildman–Crippen LogP) is 2.29. The average Bonchev–Trinajstić information content (AvgIpc) is 2.74. The summed E-state index contributed by atoms with van der Waals surface area (Å²) in [4.78, 5) is 5.29. The Hall–Kier alpha value is -1.53. The van der Waals surface area contributed by atoms with E-state index in [2.05, 4.69) is 15.2 Å². The van der Waals surface area contributed by atoms with Crippen LogP contribution in [0.5, 0.6) is 5.75 Å². The van der Waals surface area contributed by atoms with Crippen LogP contribution in [0.3, 0.4) is 0 Å². The number of nitrogens with zero attached hydrogens (tertiary/aromatic N) is 2. The number of aromatic nitrogens is 3. The Morgan fingerprint density at radius 2 is 2.22 bits per heavy atom. The molecule has 2 rings (SSSR count). The third-order valence-corrected chi connectivity index (χ3v) is 3.42. The summed E-state index contributed by atoms with van der Waals surface area (Å²) in [6.07, 6.45) is 0. The van der Waals surface area contributed by atoms with Crippen molar-refractivity contribution in [1.29, 1.82) is 0 Å². The van der Waals surface area contributed by atoms with Crippen LogP contribution in [0.2, 0.25) is 0 Å². The van der Waals surface area contributed by atoms with Crippen molar-refractivity contribution in [2.24, 2.45) is 5.73 Å². The van der Waals surface area contributed by atoms with E-state index >= 15 is 0 Å². The Morgan fingerprint density at radius 3 is 2.78 bits per heavy atom. The molecule has 6 heteroatoms. The Labute approximate surface area is 110 Å². The van der Waals surface area contributed by atoms with E-state index in [0.29, 0.717) is 5.16 Å². The average molecular weight is 264 g/mol. The molecule has 2 aromatic rings. The Morgan fingerprint density at radius 1 is 1.44 bits per heavy atom. The molecule has 0 aliphatic carbocycles. The van der Waals surface area contributed by atoms with Gasteiger partial charge in [0, 0.05) is 16.5 Å². The lowest BCUT2D eigenvalue weighted by Crippen LogP contribution is -2.08. The largest absolute Gasteiger partial charge is 0.496 e. The normalized spacial score (nSPS) is 12.4. The fourth-order valence-electron chi connectivity index (χ4n) is 1.71. The molecule has 0 unspecified atom stereocenters. The van der Waals surface area contributed by atoms with Crippen LogP contribution in [-0.4, -0.2) is 22.3 Å². The van der Waals surface area contributed by atoms with Gasteiger partial charge in [0.15, 0.2) is 0 Å². The van der Waals surface area contributed by atoms with E-state index in [9.17, 15) is 0 Å². The summed E-state index contributed by atoms with van der Waals surface area (Å²) in [6, 6.07) is 5.74. The molecule has 96 valence electrons. The lowest BCUT2D eigenvalue weighted by Gasteiger charge is -2.15. The number of nitrogens with one attached hydrogen (secondary N) is 1. The number of aromatic amines is 1. The third-order valence-electron chi connectivity index (χ3n) is 2.48. The summed E-state index contributed by atoms with van der Waals surface area (Å²) in [5, 5.41) is 7.62. The summed E-state index contributed by atoms with van der Waals surface area (Å²) in [5.41, 5.74) is 6.99. The number of rotatable bonds is 4. The van der Waals surface area contributed by atoms with Gasteiger partial charge in [0.25, 0.3) is 0 Å². The lowest BCUT2D eigenvalue weighted by atomic mass is 10.1. The second kappa shape index (κ2) is 5.41. The summed E-state index contributed by atoms with van der Waals surface area (Å²) in [6.45, 7) is 3.81. The van der Waals surface area contributed by atoms with Gasteiger partial charge in [-0.2, -0.15) is 0 Å². The van der Waals surface area contributed by atoms with Crippen LogP contribution in [0.25, 0.3) is 0 Å². The number of hydrogen-bond donors (Lipinski definition) is 2. The van der Waals surface area contributed by atoms with Crippen LogP contribution < -0.4 is 10.5 Å². The summed E-state index contributed by atoms with van der Waals surface area (Å²) < 4.78 is 5.35. The molecular formula is C12H16N4OS. The molecule has 0 spiro atoms. The number of nitrogens with two attached hydrogens (primary N) is 1. The molecule has 0 bridgehead atoms. The highest BCUT2D eigenvalue weighted by molar-refractivity contribution is 7.99. The van der Waals surface area contributed by atoms with E-state index in [-0.39, 0.29) is 6.04 Å². The summed E-state index contributed by atoms with van der Waals surface area (Å²) >= 11 is 1.48. The first-order chi connectivity index (χ1) is 8.61. The first-order valence-corrected chi connectivity index (χ1v) is 6.42. The molecule has 5 nitrogen and oxygen atoms in total. The van der Waals surface area contributed by atoms with Gasteiger partial charge in [0.2, 0.25) is 5.16 Å². The minimum absolute atomic E-state index is 0.108. The Bertz CT molecular complexity index is 539. The quantitative estimate of drug-likeness (QED) is 0.886. The van der Waals surface area contributed by atoms with Crippen molar-refractivity contribution in [3.8, 4) is 5.75 Å². The van der Waals surface area contributed by atoms with Gasteiger partial charge in [-0.15, -0.1) is 5.10 Å². The van der Waals surface area contributed by atoms with Gasteiger partial charge in [-0.1, -0.05) is 6.07 Å². The molecule has 0 aliphatic heterocycles. The van der Waals surface area contributed by atoms with Crippen molar-refractivity contribution in [3.63, 3.8) is 0 Å². The summed E-state index contributed by atoms with van der Waals surface area (Å²) in [7, 11) is 1.65. The van der Waals surface area contributed by atoms with Gasteiger partial charge in [-0.25, -0.2) is 4.98 Å². The van der Waals surface area contributed by atoms with Crippen molar-refractivity contribution >= 4 is 11.8 Å². The summed E-state index contributed by atoms with van der Waals surface area (Å²) in [5.74, 6) is 1.59. The first-order valence-electron chi connectivity index (χ1n) is 5.61. The number of methoxy groups -OCH3 is 1. The van der Waals surface area contributed by atoms with Crippen LogP contribution >= 0.6 is 11.8 Å². The van der Waals surface area contributed by atoms with Gasteiger partial charge in [-0.3, -0.25) is 5.10 Å².